The summed E-state index contributed by atoms with van der Waals surface area (Å²) < 4.78 is 1.32. The molecule has 3 aromatic rings. The molecule has 0 spiro atoms. The second kappa shape index (κ2) is 7.97. The monoisotopic (exact) mass is 416 g/mol. The Morgan fingerprint density at radius 2 is 1.93 bits per heavy atom. The van der Waals surface area contributed by atoms with Crippen LogP contribution in [-0.2, 0) is 7.05 Å². The van der Waals surface area contributed by atoms with E-state index >= 15 is 0 Å². The van der Waals surface area contributed by atoms with Gasteiger partial charge < -0.3 is 5.32 Å². The zero-order valence-corrected chi connectivity index (χ0v) is 18.5. The Morgan fingerprint density at radius 1 is 1.21 bits per heavy atom. The van der Waals surface area contributed by atoms with Crippen LogP contribution in [0.15, 0.2) is 22.3 Å². The van der Waals surface area contributed by atoms with Crippen LogP contribution >= 0.6 is 22.7 Å². The molecule has 0 fully saturated rings. The van der Waals surface area contributed by atoms with Crippen molar-refractivity contribution < 1.29 is 4.79 Å². The summed E-state index contributed by atoms with van der Waals surface area (Å²) in [7, 11) is 1.63. The summed E-state index contributed by atoms with van der Waals surface area (Å²) in [6, 6.07) is 3.96. The number of hydrogen-bond acceptors (Lipinski definition) is 6. The first-order valence-electron chi connectivity index (χ1n) is 9.07. The second-order valence-corrected chi connectivity index (χ2v) is 9.14. The third kappa shape index (κ3) is 3.79. The van der Waals surface area contributed by atoms with Gasteiger partial charge in [-0.15, -0.1) is 22.7 Å². The van der Waals surface area contributed by atoms with E-state index in [1.54, 1.807) is 25.3 Å². The molecule has 1 N–H and O–H groups in total. The van der Waals surface area contributed by atoms with Crippen LogP contribution in [0.25, 0.3) is 10.6 Å². The van der Waals surface area contributed by atoms with Crippen molar-refractivity contribution in [1.82, 2.24) is 20.1 Å². The molecule has 1 amide bonds. The molecule has 28 heavy (non-hydrogen) atoms. The van der Waals surface area contributed by atoms with Gasteiger partial charge >= 0.3 is 0 Å². The lowest BCUT2D eigenvalue weighted by Gasteiger charge is -2.21. The summed E-state index contributed by atoms with van der Waals surface area (Å²) >= 11 is 2.89. The van der Waals surface area contributed by atoms with E-state index in [1.807, 2.05) is 31.4 Å². The molecule has 1 atom stereocenters. The zero-order chi connectivity index (χ0) is 20.6. The fourth-order valence-electron chi connectivity index (χ4n) is 3.06. The number of thiophene rings is 1. The predicted molar refractivity (Wildman–Crippen MR) is 114 cm³/mol. The highest BCUT2D eigenvalue weighted by Gasteiger charge is 2.24. The minimum atomic E-state index is -0.206. The van der Waals surface area contributed by atoms with E-state index in [4.69, 9.17) is 0 Å². The molecular weight excluding hydrogens is 392 g/mol. The number of nitrogens with zero attached hydrogens (tertiary/aromatic N) is 3. The number of aryl methyl sites for hydroxylation is 3. The van der Waals surface area contributed by atoms with E-state index in [0.29, 0.717) is 21.1 Å². The van der Waals surface area contributed by atoms with Gasteiger partial charge in [0.25, 0.3) is 11.5 Å². The van der Waals surface area contributed by atoms with Crippen LogP contribution in [0.5, 0.6) is 0 Å². The SMILES string of the molecule is Cc1nc(-c2c(C)c(C)nn(C)c2=O)sc1C(=O)NC(c1cccs1)C(C)C. The van der Waals surface area contributed by atoms with Crippen molar-refractivity contribution in [1.29, 1.82) is 0 Å². The van der Waals surface area contributed by atoms with Crippen LogP contribution in [0.2, 0.25) is 0 Å². The Bertz CT molecular complexity index is 1060. The molecule has 148 valence electrons. The van der Waals surface area contributed by atoms with Gasteiger partial charge in [0.1, 0.15) is 9.88 Å². The zero-order valence-electron chi connectivity index (χ0n) is 16.9. The fraction of sp³-hybridized carbons (Fsp3) is 0.400. The average Bonchev–Trinajstić information content (AvgIpc) is 3.28. The van der Waals surface area contributed by atoms with E-state index in [2.05, 4.69) is 29.2 Å². The second-order valence-electron chi connectivity index (χ2n) is 7.16. The quantitative estimate of drug-likeness (QED) is 0.682. The Balaban J connectivity index is 1.97. The fourth-order valence-corrected chi connectivity index (χ4v) is 5.07. The van der Waals surface area contributed by atoms with Crippen molar-refractivity contribution in [3.63, 3.8) is 0 Å². The minimum absolute atomic E-state index is 0.0600. The summed E-state index contributed by atoms with van der Waals surface area (Å²) in [6.07, 6.45) is 0. The summed E-state index contributed by atoms with van der Waals surface area (Å²) in [5.74, 6) is 0.0984. The summed E-state index contributed by atoms with van der Waals surface area (Å²) in [6.45, 7) is 9.70. The minimum Gasteiger partial charge on any atom is -0.343 e. The maximum Gasteiger partial charge on any atom is 0.277 e. The molecule has 0 aliphatic carbocycles. The van der Waals surface area contributed by atoms with Gasteiger partial charge in [0.2, 0.25) is 0 Å². The van der Waals surface area contributed by atoms with Gasteiger partial charge in [0.05, 0.1) is 23.0 Å². The normalized spacial score (nSPS) is 12.4. The van der Waals surface area contributed by atoms with Gasteiger partial charge in [0, 0.05) is 11.9 Å². The molecule has 8 heteroatoms. The molecule has 0 aliphatic rings. The maximum absolute atomic E-state index is 13.0. The molecule has 3 heterocycles. The van der Waals surface area contributed by atoms with Crippen LogP contribution in [0.1, 0.15) is 51.4 Å². The number of nitrogens with one attached hydrogen (secondary N) is 1. The average molecular weight is 417 g/mol. The van der Waals surface area contributed by atoms with Gasteiger partial charge in [0.15, 0.2) is 0 Å². The molecular formula is C20H24N4O2S2. The third-order valence-electron chi connectivity index (χ3n) is 4.75. The number of hydrogen-bond donors (Lipinski definition) is 1. The van der Waals surface area contributed by atoms with Crippen molar-refractivity contribution in [2.75, 3.05) is 0 Å². The van der Waals surface area contributed by atoms with Crippen molar-refractivity contribution in [2.24, 2.45) is 13.0 Å². The van der Waals surface area contributed by atoms with Crippen molar-refractivity contribution in [3.8, 4) is 10.6 Å². The molecule has 0 saturated heterocycles. The van der Waals surface area contributed by atoms with E-state index in [1.165, 1.54) is 16.0 Å². The van der Waals surface area contributed by atoms with Crippen molar-refractivity contribution >= 4 is 28.6 Å². The molecule has 0 bridgehead atoms. The lowest BCUT2D eigenvalue weighted by Crippen LogP contribution is -2.31. The predicted octanol–water partition coefficient (Wildman–Crippen LogP) is 4.02. The van der Waals surface area contributed by atoms with E-state index in [0.717, 1.165) is 16.1 Å². The number of thiazole rings is 1. The highest BCUT2D eigenvalue weighted by atomic mass is 32.1. The molecule has 3 aromatic heterocycles. The summed E-state index contributed by atoms with van der Waals surface area (Å²) in [5.41, 5.74) is 2.50. The van der Waals surface area contributed by atoms with Gasteiger partial charge in [-0.1, -0.05) is 19.9 Å². The highest BCUT2D eigenvalue weighted by Crippen LogP contribution is 2.30. The number of amides is 1. The Kier molecular flexibility index (Phi) is 5.81. The third-order valence-corrected chi connectivity index (χ3v) is 6.87. The molecule has 0 radical (unpaired) electrons. The number of aromatic nitrogens is 3. The molecule has 0 aliphatic heterocycles. The lowest BCUT2D eigenvalue weighted by atomic mass is 10.0. The molecule has 6 nitrogen and oxygen atoms in total. The van der Waals surface area contributed by atoms with E-state index in [-0.39, 0.29) is 23.4 Å². The maximum atomic E-state index is 13.0. The molecule has 0 aromatic carbocycles. The first-order chi connectivity index (χ1) is 13.2. The van der Waals surface area contributed by atoms with E-state index in [9.17, 15) is 9.59 Å². The lowest BCUT2D eigenvalue weighted by molar-refractivity contribution is 0.0930. The Hall–Kier alpha value is -2.32. The van der Waals surface area contributed by atoms with Crippen LogP contribution in [-0.4, -0.2) is 20.7 Å². The molecule has 1 unspecified atom stereocenters. The van der Waals surface area contributed by atoms with Gasteiger partial charge in [-0.25, -0.2) is 9.67 Å². The molecule has 3 rings (SSSR count). The number of carbonyl (C=O) groups excluding carboxylic acids is 1. The van der Waals surface area contributed by atoms with Crippen LogP contribution < -0.4 is 10.9 Å². The number of carbonyl (C=O) groups is 1. The van der Waals surface area contributed by atoms with E-state index < -0.39 is 0 Å². The van der Waals surface area contributed by atoms with Crippen LogP contribution in [0.3, 0.4) is 0 Å². The van der Waals surface area contributed by atoms with Crippen LogP contribution in [0.4, 0.5) is 0 Å². The van der Waals surface area contributed by atoms with Crippen LogP contribution in [0, 0.1) is 26.7 Å². The topological polar surface area (TPSA) is 76.9 Å². The van der Waals surface area contributed by atoms with Crippen molar-refractivity contribution in [2.45, 2.75) is 40.7 Å². The van der Waals surface area contributed by atoms with Gasteiger partial charge in [-0.05, 0) is 43.7 Å². The first kappa shape index (κ1) is 20.4. The first-order valence-corrected chi connectivity index (χ1v) is 10.8. The smallest absolute Gasteiger partial charge is 0.277 e. The highest BCUT2D eigenvalue weighted by molar-refractivity contribution is 7.17. The Labute approximate surface area is 172 Å². The summed E-state index contributed by atoms with van der Waals surface area (Å²) in [4.78, 5) is 31.8. The van der Waals surface area contributed by atoms with Gasteiger partial charge in [-0.3, -0.25) is 9.59 Å². The standard InChI is InChI=1S/C20H24N4O2S2/c1-10(2)16(14-8-7-9-27-14)22-18(25)17-13(5)21-19(28-17)15-11(3)12(4)23-24(6)20(15)26/h7-10,16H,1-6H3,(H,22,25). The Morgan fingerprint density at radius 3 is 2.54 bits per heavy atom. The number of rotatable bonds is 5. The molecule has 0 saturated carbocycles. The van der Waals surface area contributed by atoms with Crippen molar-refractivity contribution in [3.05, 3.63) is 54.6 Å². The summed E-state index contributed by atoms with van der Waals surface area (Å²) in [5, 5.41) is 9.92. The van der Waals surface area contributed by atoms with Gasteiger partial charge in [-0.2, -0.15) is 5.10 Å². The largest absolute Gasteiger partial charge is 0.343 e.